The van der Waals surface area contributed by atoms with Crippen molar-refractivity contribution in [3.05, 3.63) is 48.0 Å². The lowest BCUT2D eigenvalue weighted by molar-refractivity contribution is 0.404. The summed E-state index contributed by atoms with van der Waals surface area (Å²) >= 11 is 0. The van der Waals surface area contributed by atoms with E-state index < -0.39 is 0 Å². The quantitative estimate of drug-likeness (QED) is 0.694. The molecule has 2 N–H and O–H groups in total. The van der Waals surface area contributed by atoms with Gasteiger partial charge in [-0.1, -0.05) is 35.9 Å². The van der Waals surface area contributed by atoms with Crippen molar-refractivity contribution in [3.63, 3.8) is 0 Å². The second kappa shape index (κ2) is 3.65. The van der Waals surface area contributed by atoms with E-state index in [2.05, 4.69) is 0 Å². The summed E-state index contributed by atoms with van der Waals surface area (Å²) in [6.45, 7) is 2.02. The maximum Gasteiger partial charge on any atom is 0.158 e. The highest BCUT2D eigenvalue weighted by molar-refractivity contribution is 5.67. The minimum Gasteiger partial charge on any atom is -0.504 e. The van der Waals surface area contributed by atoms with Gasteiger partial charge in [-0.2, -0.15) is 0 Å². The lowest BCUT2D eigenvalue weighted by Gasteiger charge is -2.04. The number of aromatic hydroxyl groups is 2. The van der Waals surface area contributed by atoms with Crippen molar-refractivity contribution in [2.45, 2.75) is 6.92 Å². The molecule has 2 aromatic rings. The zero-order valence-electron chi connectivity index (χ0n) is 8.44. The largest absolute Gasteiger partial charge is 0.504 e. The molecule has 2 heteroatoms. The molecule has 0 aliphatic rings. The monoisotopic (exact) mass is 200 g/mol. The second-order valence-corrected chi connectivity index (χ2v) is 3.57. The van der Waals surface area contributed by atoms with Crippen molar-refractivity contribution < 1.29 is 10.2 Å². The number of phenolic OH excluding ortho intramolecular Hbond substituents is 2. The molecule has 0 unspecified atom stereocenters. The number of phenols is 2. The van der Waals surface area contributed by atoms with E-state index >= 15 is 0 Å². The first-order chi connectivity index (χ1) is 7.16. The van der Waals surface area contributed by atoms with Crippen LogP contribution in [0.3, 0.4) is 0 Å². The smallest absolute Gasteiger partial charge is 0.158 e. The highest BCUT2D eigenvalue weighted by atomic mass is 16.3. The Hall–Kier alpha value is -1.96. The summed E-state index contributed by atoms with van der Waals surface area (Å²) in [4.78, 5) is 0. The van der Waals surface area contributed by atoms with Gasteiger partial charge in [0.2, 0.25) is 0 Å². The molecular formula is C13H12O2. The maximum absolute atomic E-state index is 9.38. The van der Waals surface area contributed by atoms with Crippen LogP contribution in [0.25, 0.3) is 11.1 Å². The van der Waals surface area contributed by atoms with Crippen molar-refractivity contribution in [3.8, 4) is 22.6 Å². The number of hydrogen-bond donors (Lipinski definition) is 2. The van der Waals surface area contributed by atoms with Crippen LogP contribution in [0, 0.1) is 6.92 Å². The van der Waals surface area contributed by atoms with Gasteiger partial charge in [-0.3, -0.25) is 0 Å². The van der Waals surface area contributed by atoms with Gasteiger partial charge in [-0.15, -0.1) is 0 Å². The minimum absolute atomic E-state index is 0.0889. The van der Waals surface area contributed by atoms with E-state index in [0.717, 1.165) is 11.1 Å². The third-order valence-corrected chi connectivity index (χ3v) is 2.33. The summed E-state index contributed by atoms with van der Waals surface area (Å²) in [6, 6.07) is 12.8. The Balaban J connectivity index is 2.50. The number of hydrogen-bond acceptors (Lipinski definition) is 2. The van der Waals surface area contributed by atoms with Gasteiger partial charge in [0.25, 0.3) is 0 Å². The molecule has 2 rings (SSSR count). The van der Waals surface area contributed by atoms with E-state index in [4.69, 9.17) is 0 Å². The molecule has 0 amide bonds. The molecule has 15 heavy (non-hydrogen) atoms. The van der Waals surface area contributed by atoms with Crippen molar-refractivity contribution >= 4 is 0 Å². The second-order valence-electron chi connectivity index (χ2n) is 3.57. The third kappa shape index (κ3) is 1.94. The summed E-state index contributed by atoms with van der Waals surface area (Å²) in [5.41, 5.74) is 3.10. The molecule has 0 heterocycles. The molecule has 0 radical (unpaired) electrons. The SMILES string of the molecule is Cc1cccc(-c2ccc(O)c(O)c2)c1. The summed E-state index contributed by atoms with van der Waals surface area (Å²) in [5, 5.41) is 18.6. The van der Waals surface area contributed by atoms with Gasteiger partial charge in [0.15, 0.2) is 11.5 Å². The van der Waals surface area contributed by atoms with Crippen LogP contribution in [0.1, 0.15) is 5.56 Å². The molecule has 0 aliphatic carbocycles. The Kier molecular flexibility index (Phi) is 2.34. The molecule has 0 bridgehead atoms. The van der Waals surface area contributed by atoms with E-state index in [1.807, 2.05) is 31.2 Å². The first-order valence-electron chi connectivity index (χ1n) is 4.76. The summed E-state index contributed by atoms with van der Waals surface area (Å²) < 4.78 is 0. The van der Waals surface area contributed by atoms with Crippen LogP contribution in [-0.4, -0.2) is 10.2 Å². The predicted molar refractivity (Wildman–Crippen MR) is 59.9 cm³/mol. The normalized spacial score (nSPS) is 10.2. The molecule has 2 aromatic carbocycles. The summed E-state index contributed by atoms with van der Waals surface area (Å²) in [5.74, 6) is -0.180. The Bertz CT molecular complexity index is 490. The molecule has 0 saturated heterocycles. The number of aryl methyl sites for hydroxylation is 1. The third-order valence-electron chi connectivity index (χ3n) is 2.33. The van der Waals surface area contributed by atoms with Gasteiger partial charge in [0.1, 0.15) is 0 Å². The van der Waals surface area contributed by atoms with Crippen LogP contribution in [0.2, 0.25) is 0 Å². The van der Waals surface area contributed by atoms with Gasteiger partial charge >= 0.3 is 0 Å². The Labute approximate surface area is 88.4 Å². The first-order valence-corrected chi connectivity index (χ1v) is 4.76. The first kappa shape index (κ1) is 9.59. The molecule has 0 spiro atoms. The summed E-state index contributed by atoms with van der Waals surface area (Å²) in [6.07, 6.45) is 0. The molecule has 0 aromatic heterocycles. The van der Waals surface area contributed by atoms with E-state index in [0.29, 0.717) is 0 Å². The summed E-state index contributed by atoms with van der Waals surface area (Å²) in [7, 11) is 0. The lowest BCUT2D eigenvalue weighted by atomic mass is 10.0. The number of benzene rings is 2. The van der Waals surface area contributed by atoms with Crippen LogP contribution in [0.4, 0.5) is 0 Å². The van der Waals surface area contributed by atoms with E-state index in [1.54, 1.807) is 12.1 Å². The molecular weight excluding hydrogens is 188 g/mol. The minimum atomic E-state index is -0.0913. The zero-order chi connectivity index (χ0) is 10.8. The fourth-order valence-electron chi connectivity index (χ4n) is 1.53. The van der Waals surface area contributed by atoms with Crippen molar-refractivity contribution in [2.24, 2.45) is 0 Å². The fraction of sp³-hybridized carbons (Fsp3) is 0.0769. The van der Waals surface area contributed by atoms with Crippen molar-refractivity contribution in [2.75, 3.05) is 0 Å². The van der Waals surface area contributed by atoms with Crippen LogP contribution in [-0.2, 0) is 0 Å². The predicted octanol–water partition coefficient (Wildman–Crippen LogP) is 3.07. The molecule has 0 saturated carbocycles. The fourth-order valence-corrected chi connectivity index (χ4v) is 1.53. The zero-order valence-corrected chi connectivity index (χ0v) is 8.44. The van der Waals surface area contributed by atoms with E-state index in [9.17, 15) is 10.2 Å². The van der Waals surface area contributed by atoms with Crippen molar-refractivity contribution in [1.29, 1.82) is 0 Å². The molecule has 0 fully saturated rings. The highest BCUT2D eigenvalue weighted by Crippen LogP contribution is 2.30. The van der Waals surface area contributed by atoms with Crippen LogP contribution < -0.4 is 0 Å². The van der Waals surface area contributed by atoms with Crippen LogP contribution in [0.15, 0.2) is 42.5 Å². The van der Waals surface area contributed by atoms with Crippen LogP contribution >= 0.6 is 0 Å². The Morgan fingerprint density at radius 1 is 0.800 bits per heavy atom. The average molecular weight is 200 g/mol. The van der Waals surface area contributed by atoms with Gasteiger partial charge < -0.3 is 10.2 Å². The van der Waals surface area contributed by atoms with Gasteiger partial charge in [0, 0.05) is 0 Å². The molecule has 0 aliphatic heterocycles. The topological polar surface area (TPSA) is 40.5 Å². The Morgan fingerprint density at radius 2 is 1.53 bits per heavy atom. The molecule has 76 valence electrons. The van der Waals surface area contributed by atoms with Gasteiger partial charge in [-0.25, -0.2) is 0 Å². The number of rotatable bonds is 1. The van der Waals surface area contributed by atoms with E-state index in [-0.39, 0.29) is 11.5 Å². The van der Waals surface area contributed by atoms with Crippen LogP contribution in [0.5, 0.6) is 11.5 Å². The highest BCUT2D eigenvalue weighted by Gasteiger charge is 2.02. The molecule has 0 atom stereocenters. The molecule has 2 nitrogen and oxygen atoms in total. The average Bonchev–Trinajstić information content (AvgIpc) is 2.22. The maximum atomic E-state index is 9.38. The van der Waals surface area contributed by atoms with E-state index in [1.165, 1.54) is 11.6 Å². The Morgan fingerprint density at radius 3 is 2.20 bits per heavy atom. The standard InChI is InChI=1S/C13H12O2/c1-9-3-2-4-10(7-9)11-5-6-12(14)13(15)8-11/h2-8,14-15H,1H3. The van der Waals surface area contributed by atoms with Gasteiger partial charge in [0.05, 0.1) is 0 Å². The van der Waals surface area contributed by atoms with Gasteiger partial charge in [-0.05, 0) is 30.2 Å². The lowest BCUT2D eigenvalue weighted by Crippen LogP contribution is -1.79. The van der Waals surface area contributed by atoms with Crippen molar-refractivity contribution in [1.82, 2.24) is 0 Å².